The van der Waals surface area contributed by atoms with Gasteiger partial charge in [0.2, 0.25) is 0 Å². The molecule has 0 amide bonds. The molecular weight excluding hydrogens is 192 g/mol. The van der Waals surface area contributed by atoms with Gasteiger partial charge in [0.15, 0.2) is 0 Å². The number of pyridine rings is 1. The molecule has 1 aromatic rings. The van der Waals surface area contributed by atoms with E-state index in [1.54, 1.807) is 18.5 Å². The molecule has 5 heteroatoms. The minimum absolute atomic E-state index is 0.0683. The van der Waals surface area contributed by atoms with E-state index in [4.69, 9.17) is 16.3 Å². The number of ether oxygens (including phenoxy) is 1. The molecule has 1 saturated heterocycles. The summed E-state index contributed by atoms with van der Waals surface area (Å²) in [4.78, 5) is 4.05. The summed E-state index contributed by atoms with van der Waals surface area (Å²) in [5.74, 6) is 5.54. The molecule has 0 aromatic carbocycles. The Kier molecular flexibility index (Phi) is 3.15. The highest BCUT2D eigenvalue weighted by molar-refractivity contribution is 5.46. The van der Waals surface area contributed by atoms with Gasteiger partial charge < -0.3 is 10.5 Å². The van der Waals surface area contributed by atoms with Gasteiger partial charge in [0.25, 0.3) is 0 Å². The number of nitrogens with one attached hydrogen (secondary N) is 1. The predicted molar refractivity (Wildman–Crippen MR) is 57.7 cm³/mol. The Bertz CT molecular complexity index is 325. The molecule has 0 spiro atoms. The first-order valence-electron chi connectivity index (χ1n) is 5.10. The summed E-state index contributed by atoms with van der Waals surface area (Å²) in [6.45, 7) is 0.795. The molecule has 2 heterocycles. The van der Waals surface area contributed by atoms with Crippen LogP contribution in [0.3, 0.4) is 0 Å². The van der Waals surface area contributed by atoms with Crippen molar-refractivity contribution in [1.82, 2.24) is 10.4 Å². The summed E-state index contributed by atoms with van der Waals surface area (Å²) in [6, 6.07) is 1.70. The van der Waals surface area contributed by atoms with Crippen molar-refractivity contribution in [3.8, 4) is 0 Å². The smallest absolute Gasteiger partial charge is 0.0784 e. The second kappa shape index (κ2) is 4.57. The van der Waals surface area contributed by atoms with E-state index in [0.717, 1.165) is 25.0 Å². The maximum Gasteiger partial charge on any atom is 0.0784 e. The summed E-state index contributed by atoms with van der Waals surface area (Å²) in [7, 11) is 0. The molecule has 1 fully saturated rings. The summed E-state index contributed by atoms with van der Waals surface area (Å²) >= 11 is 0. The molecule has 0 bridgehead atoms. The number of hydrogen-bond donors (Lipinski definition) is 3. The van der Waals surface area contributed by atoms with Gasteiger partial charge in [-0.1, -0.05) is 0 Å². The molecule has 0 aliphatic carbocycles. The minimum Gasteiger partial charge on any atom is -0.398 e. The zero-order valence-electron chi connectivity index (χ0n) is 8.52. The molecule has 5 nitrogen and oxygen atoms in total. The second-order valence-electron chi connectivity index (χ2n) is 3.70. The number of rotatable bonds is 3. The van der Waals surface area contributed by atoms with Crippen LogP contribution < -0.4 is 17.0 Å². The predicted octanol–water partition coefficient (Wildman–Crippen LogP) is 0.347. The maximum absolute atomic E-state index is 5.87. The Morgan fingerprint density at radius 3 is 3.07 bits per heavy atom. The summed E-state index contributed by atoms with van der Waals surface area (Å²) < 4.78 is 5.59. The molecule has 2 rings (SSSR count). The van der Waals surface area contributed by atoms with Gasteiger partial charge in [0.05, 0.1) is 12.1 Å². The van der Waals surface area contributed by atoms with Crippen LogP contribution >= 0.6 is 0 Å². The largest absolute Gasteiger partial charge is 0.398 e. The van der Waals surface area contributed by atoms with Crippen molar-refractivity contribution in [2.45, 2.75) is 25.0 Å². The lowest BCUT2D eigenvalue weighted by Crippen LogP contribution is -2.36. The first kappa shape index (κ1) is 10.4. The Labute approximate surface area is 88.8 Å². The van der Waals surface area contributed by atoms with E-state index < -0.39 is 0 Å². The van der Waals surface area contributed by atoms with Crippen LogP contribution in [0.4, 0.5) is 5.69 Å². The monoisotopic (exact) mass is 208 g/mol. The van der Waals surface area contributed by atoms with E-state index in [1.165, 1.54) is 0 Å². The van der Waals surface area contributed by atoms with Crippen molar-refractivity contribution in [3.63, 3.8) is 0 Å². The van der Waals surface area contributed by atoms with Crippen molar-refractivity contribution in [3.05, 3.63) is 24.0 Å². The molecule has 2 unspecified atom stereocenters. The average molecular weight is 208 g/mol. The molecule has 15 heavy (non-hydrogen) atoms. The number of nitrogen functional groups attached to an aromatic ring is 1. The quantitative estimate of drug-likeness (QED) is 0.493. The van der Waals surface area contributed by atoms with Crippen LogP contribution in [-0.2, 0) is 4.74 Å². The van der Waals surface area contributed by atoms with Crippen molar-refractivity contribution in [2.75, 3.05) is 12.3 Å². The van der Waals surface area contributed by atoms with Crippen molar-refractivity contribution < 1.29 is 4.74 Å². The van der Waals surface area contributed by atoms with E-state index in [2.05, 4.69) is 10.4 Å². The number of hydrogen-bond acceptors (Lipinski definition) is 5. The van der Waals surface area contributed by atoms with Gasteiger partial charge >= 0.3 is 0 Å². The first-order valence-corrected chi connectivity index (χ1v) is 5.10. The van der Waals surface area contributed by atoms with Crippen LogP contribution in [0.5, 0.6) is 0 Å². The van der Waals surface area contributed by atoms with Crippen LogP contribution in [0.15, 0.2) is 18.5 Å². The Morgan fingerprint density at radius 2 is 2.47 bits per heavy atom. The zero-order valence-corrected chi connectivity index (χ0v) is 8.52. The molecule has 1 aliphatic rings. The Morgan fingerprint density at radius 1 is 1.60 bits per heavy atom. The van der Waals surface area contributed by atoms with E-state index in [-0.39, 0.29) is 12.1 Å². The summed E-state index contributed by atoms with van der Waals surface area (Å²) in [5, 5.41) is 0. The molecule has 0 radical (unpaired) electrons. The van der Waals surface area contributed by atoms with Crippen LogP contribution in [0.2, 0.25) is 0 Å². The highest BCUT2D eigenvalue weighted by atomic mass is 16.5. The first-order chi connectivity index (χ1) is 7.33. The zero-order chi connectivity index (χ0) is 10.7. The maximum atomic E-state index is 5.87. The van der Waals surface area contributed by atoms with Crippen LogP contribution in [-0.4, -0.2) is 17.7 Å². The second-order valence-corrected chi connectivity index (χ2v) is 3.70. The van der Waals surface area contributed by atoms with Crippen LogP contribution in [0.25, 0.3) is 0 Å². The normalized spacial score (nSPS) is 22.9. The van der Waals surface area contributed by atoms with E-state index in [1.807, 2.05) is 0 Å². The van der Waals surface area contributed by atoms with E-state index >= 15 is 0 Å². The van der Waals surface area contributed by atoms with E-state index in [0.29, 0.717) is 5.69 Å². The lowest BCUT2D eigenvalue weighted by atomic mass is 10.0. The Balaban J connectivity index is 2.22. The molecule has 0 saturated carbocycles. The lowest BCUT2D eigenvalue weighted by Gasteiger charge is -2.23. The fourth-order valence-electron chi connectivity index (χ4n) is 1.94. The van der Waals surface area contributed by atoms with Crippen LogP contribution in [0, 0.1) is 0 Å². The lowest BCUT2D eigenvalue weighted by molar-refractivity contribution is 0.0784. The third kappa shape index (κ3) is 2.09. The third-order valence-corrected chi connectivity index (χ3v) is 2.74. The molecule has 2 atom stereocenters. The van der Waals surface area contributed by atoms with Gasteiger partial charge in [0.1, 0.15) is 0 Å². The highest BCUT2D eigenvalue weighted by Crippen LogP contribution is 2.28. The fourth-order valence-corrected chi connectivity index (χ4v) is 1.94. The topological polar surface area (TPSA) is 86.2 Å². The third-order valence-electron chi connectivity index (χ3n) is 2.74. The van der Waals surface area contributed by atoms with Gasteiger partial charge in [-0.05, 0) is 18.9 Å². The number of hydrazine groups is 1. The highest BCUT2D eigenvalue weighted by Gasteiger charge is 2.27. The van der Waals surface area contributed by atoms with Crippen molar-refractivity contribution in [2.24, 2.45) is 5.84 Å². The van der Waals surface area contributed by atoms with Crippen molar-refractivity contribution in [1.29, 1.82) is 0 Å². The number of nitrogens with zero attached hydrogens (tertiary/aromatic N) is 1. The minimum atomic E-state index is -0.0683. The standard InChI is InChI=1S/C10H16N4O/c11-8-3-4-13-6-7(8)10(14-12)9-2-1-5-15-9/h3-4,6,9-10,14H,1-2,5,12H2,(H2,11,13). The number of anilines is 1. The Hall–Kier alpha value is -1.17. The SMILES string of the molecule is NNC(c1cnccc1N)C1CCCO1. The van der Waals surface area contributed by atoms with E-state index in [9.17, 15) is 0 Å². The van der Waals surface area contributed by atoms with Gasteiger partial charge in [0, 0.05) is 30.3 Å². The van der Waals surface area contributed by atoms with Gasteiger partial charge in [-0.15, -0.1) is 0 Å². The van der Waals surface area contributed by atoms with Crippen LogP contribution in [0.1, 0.15) is 24.4 Å². The van der Waals surface area contributed by atoms with Gasteiger partial charge in [-0.2, -0.15) is 0 Å². The summed E-state index contributed by atoms with van der Waals surface area (Å²) in [6.07, 6.45) is 5.58. The molecule has 82 valence electrons. The van der Waals surface area contributed by atoms with Gasteiger partial charge in [-0.3, -0.25) is 16.3 Å². The number of nitrogens with two attached hydrogens (primary N) is 2. The van der Waals surface area contributed by atoms with Gasteiger partial charge in [-0.25, -0.2) is 0 Å². The molecule has 1 aliphatic heterocycles. The fraction of sp³-hybridized carbons (Fsp3) is 0.500. The number of aromatic nitrogens is 1. The summed E-state index contributed by atoms with van der Waals surface area (Å²) in [5.41, 5.74) is 10.2. The molecule has 1 aromatic heterocycles. The molecule has 5 N–H and O–H groups in total. The molecular formula is C10H16N4O. The van der Waals surface area contributed by atoms with Crippen molar-refractivity contribution >= 4 is 5.69 Å². The average Bonchev–Trinajstić information content (AvgIpc) is 2.75.